The van der Waals surface area contributed by atoms with E-state index in [1.165, 1.54) is 11.1 Å². The van der Waals surface area contributed by atoms with Crippen LogP contribution in [0.1, 0.15) is 24.0 Å². The minimum atomic E-state index is 0.0572. The van der Waals surface area contributed by atoms with Crippen molar-refractivity contribution < 1.29 is 9.53 Å². The van der Waals surface area contributed by atoms with Crippen LogP contribution in [0, 0.1) is 0 Å². The minimum absolute atomic E-state index is 0.0572. The lowest BCUT2D eigenvalue weighted by molar-refractivity contribution is -0.121. The van der Waals surface area contributed by atoms with Gasteiger partial charge in [0.15, 0.2) is 0 Å². The molecule has 1 aliphatic heterocycles. The van der Waals surface area contributed by atoms with E-state index in [9.17, 15) is 4.79 Å². The first-order valence-corrected chi connectivity index (χ1v) is 11.5. The fourth-order valence-corrected chi connectivity index (χ4v) is 4.50. The number of halogens is 1. The van der Waals surface area contributed by atoms with Gasteiger partial charge in [-0.25, -0.2) is 0 Å². The lowest BCUT2D eigenvalue weighted by atomic mass is 10.0. The molecule has 3 aromatic carbocycles. The summed E-state index contributed by atoms with van der Waals surface area (Å²) in [6.45, 7) is 2.82. The summed E-state index contributed by atoms with van der Waals surface area (Å²) in [7, 11) is 1.69. The second-order valence-corrected chi connectivity index (χ2v) is 8.81. The highest BCUT2D eigenvalue weighted by Crippen LogP contribution is 2.24. The zero-order valence-corrected chi connectivity index (χ0v) is 19.1. The molecule has 166 valence electrons. The van der Waals surface area contributed by atoms with Crippen LogP contribution in [0.25, 0.3) is 11.1 Å². The zero-order chi connectivity index (χ0) is 22.3. The van der Waals surface area contributed by atoms with Crippen LogP contribution in [0.5, 0.6) is 5.75 Å². The van der Waals surface area contributed by atoms with Gasteiger partial charge in [0, 0.05) is 24.2 Å². The lowest BCUT2D eigenvalue weighted by Crippen LogP contribution is -2.47. The summed E-state index contributed by atoms with van der Waals surface area (Å²) < 4.78 is 5.33. The first-order valence-electron chi connectivity index (χ1n) is 11.1. The Hall–Kier alpha value is -2.82. The summed E-state index contributed by atoms with van der Waals surface area (Å²) in [6, 6.07) is 24.5. The van der Waals surface area contributed by atoms with Crippen LogP contribution >= 0.6 is 11.6 Å². The first kappa shape index (κ1) is 22.4. The van der Waals surface area contributed by atoms with Crippen LogP contribution in [0.2, 0.25) is 5.02 Å². The van der Waals surface area contributed by atoms with Crippen LogP contribution in [-0.2, 0) is 17.8 Å². The van der Waals surface area contributed by atoms with Gasteiger partial charge in [0.25, 0.3) is 0 Å². The number of likely N-dealkylation sites (tertiary alicyclic amines) is 1. The molecule has 0 aromatic heterocycles. The maximum absolute atomic E-state index is 12.5. The average Bonchev–Trinajstić information content (AvgIpc) is 2.80. The molecule has 0 saturated carbocycles. The molecule has 0 aliphatic carbocycles. The third kappa shape index (κ3) is 6.12. The third-order valence-corrected chi connectivity index (χ3v) is 6.12. The van der Waals surface area contributed by atoms with Crippen LogP contribution in [0.3, 0.4) is 0 Å². The minimum Gasteiger partial charge on any atom is -0.497 e. The number of hydrogen-bond acceptors (Lipinski definition) is 3. The maximum atomic E-state index is 12.5. The van der Waals surface area contributed by atoms with E-state index in [0.717, 1.165) is 49.4 Å². The lowest BCUT2D eigenvalue weighted by Gasteiger charge is -2.33. The number of nitrogens with one attached hydrogen (secondary N) is 1. The van der Waals surface area contributed by atoms with Gasteiger partial charge in [-0.05, 0) is 65.9 Å². The van der Waals surface area contributed by atoms with Crippen molar-refractivity contribution >= 4 is 17.5 Å². The molecule has 1 fully saturated rings. The van der Waals surface area contributed by atoms with Gasteiger partial charge in [-0.15, -0.1) is 0 Å². The SMILES string of the molecule is COc1cccc(-c2ccc(CN3CCCC(NC(=O)Cc4cccc(Cl)c4)C3)cc2)c1. The smallest absolute Gasteiger partial charge is 0.224 e. The molecule has 4 nitrogen and oxygen atoms in total. The van der Waals surface area contributed by atoms with Gasteiger partial charge in [-0.2, -0.15) is 0 Å². The Labute approximate surface area is 195 Å². The van der Waals surface area contributed by atoms with Gasteiger partial charge in [0.2, 0.25) is 5.91 Å². The molecule has 1 saturated heterocycles. The van der Waals surface area contributed by atoms with Crippen LogP contribution in [0.4, 0.5) is 0 Å². The molecule has 4 rings (SSSR count). The van der Waals surface area contributed by atoms with E-state index in [1.54, 1.807) is 7.11 Å². The molecule has 0 radical (unpaired) electrons. The summed E-state index contributed by atoms with van der Waals surface area (Å²) >= 11 is 6.03. The van der Waals surface area contributed by atoms with Crippen LogP contribution in [-0.4, -0.2) is 37.0 Å². The summed E-state index contributed by atoms with van der Waals surface area (Å²) in [4.78, 5) is 14.9. The molecule has 1 N–H and O–H groups in total. The summed E-state index contributed by atoms with van der Waals surface area (Å²) in [5.41, 5.74) is 4.55. The van der Waals surface area contributed by atoms with Gasteiger partial charge in [-0.1, -0.05) is 60.1 Å². The van der Waals surface area contributed by atoms with Gasteiger partial charge in [-0.3, -0.25) is 9.69 Å². The van der Waals surface area contributed by atoms with E-state index >= 15 is 0 Å². The number of hydrogen-bond donors (Lipinski definition) is 1. The fourth-order valence-electron chi connectivity index (χ4n) is 4.29. The Kier molecular flexibility index (Phi) is 7.46. The van der Waals surface area contributed by atoms with E-state index < -0.39 is 0 Å². The Morgan fingerprint density at radius 2 is 1.84 bits per heavy atom. The van der Waals surface area contributed by atoms with Crippen molar-refractivity contribution in [2.75, 3.05) is 20.2 Å². The molecule has 3 aromatic rings. The van der Waals surface area contributed by atoms with Crippen LogP contribution < -0.4 is 10.1 Å². The fraction of sp³-hybridized carbons (Fsp3) is 0.296. The molecule has 1 heterocycles. The Balaban J connectivity index is 1.31. The Morgan fingerprint density at radius 1 is 1.03 bits per heavy atom. The number of nitrogens with zero attached hydrogens (tertiary/aromatic N) is 1. The van der Waals surface area contributed by atoms with E-state index in [-0.39, 0.29) is 11.9 Å². The quantitative estimate of drug-likeness (QED) is 0.530. The highest BCUT2D eigenvalue weighted by molar-refractivity contribution is 6.30. The predicted octanol–water partition coefficient (Wildman–Crippen LogP) is 5.34. The van der Waals surface area contributed by atoms with Gasteiger partial charge in [0.05, 0.1) is 13.5 Å². The normalized spacial score (nSPS) is 16.5. The van der Waals surface area contributed by atoms with Crippen molar-refractivity contribution in [3.8, 4) is 16.9 Å². The summed E-state index contributed by atoms with van der Waals surface area (Å²) in [5.74, 6) is 0.921. The van der Waals surface area contributed by atoms with E-state index in [2.05, 4.69) is 46.6 Å². The van der Waals surface area contributed by atoms with Crippen molar-refractivity contribution in [2.24, 2.45) is 0 Å². The van der Waals surface area contributed by atoms with E-state index in [0.29, 0.717) is 11.4 Å². The highest BCUT2D eigenvalue weighted by Gasteiger charge is 2.21. The molecular formula is C27H29ClN2O2. The van der Waals surface area contributed by atoms with Gasteiger partial charge in [0.1, 0.15) is 5.75 Å². The number of carbonyl (C=O) groups is 1. The number of piperidine rings is 1. The van der Waals surface area contributed by atoms with Gasteiger partial charge < -0.3 is 10.1 Å². The number of rotatable bonds is 7. The van der Waals surface area contributed by atoms with E-state index in [1.807, 2.05) is 36.4 Å². The van der Waals surface area contributed by atoms with Crippen LogP contribution in [0.15, 0.2) is 72.8 Å². The Morgan fingerprint density at radius 3 is 2.62 bits per heavy atom. The number of methoxy groups -OCH3 is 1. The summed E-state index contributed by atoms with van der Waals surface area (Å²) in [6.07, 6.45) is 2.47. The second-order valence-electron chi connectivity index (χ2n) is 8.38. The second kappa shape index (κ2) is 10.7. The number of carbonyl (C=O) groups excluding carboxylic acids is 1. The predicted molar refractivity (Wildman–Crippen MR) is 130 cm³/mol. The summed E-state index contributed by atoms with van der Waals surface area (Å²) in [5, 5.41) is 3.87. The monoisotopic (exact) mass is 448 g/mol. The maximum Gasteiger partial charge on any atom is 0.224 e. The van der Waals surface area contributed by atoms with Crippen molar-refractivity contribution in [3.05, 3.63) is 88.9 Å². The molecular weight excluding hydrogens is 420 g/mol. The molecule has 1 aliphatic rings. The third-order valence-electron chi connectivity index (χ3n) is 5.89. The highest BCUT2D eigenvalue weighted by atomic mass is 35.5. The molecule has 5 heteroatoms. The van der Waals surface area contributed by atoms with Crippen molar-refractivity contribution in [1.29, 1.82) is 0 Å². The molecule has 0 bridgehead atoms. The number of benzene rings is 3. The molecule has 1 amide bonds. The molecule has 1 atom stereocenters. The number of amides is 1. The van der Waals surface area contributed by atoms with E-state index in [4.69, 9.17) is 16.3 Å². The zero-order valence-electron chi connectivity index (χ0n) is 18.4. The molecule has 1 unspecified atom stereocenters. The van der Waals surface area contributed by atoms with Crippen molar-refractivity contribution in [3.63, 3.8) is 0 Å². The first-order chi connectivity index (χ1) is 15.6. The Bertz CT molecular complexity index is 1050. The van der Waals surface area contributed by atoms with Gasteiger partial charge >= 0.3 is 0 Å². The van der Waals surface area contributed by atoms with Crippen molar-refractivity contribution in [1.82, 2.24) is 10.2 Å². The molecule has 32 heavy (non-hydrogen) atoms. The standard InChI is InChI=1S/C27H29ClN2O2/c1-32-26-9-3-6-23(17-26)22-12-10-20(11-13-22)18-30-14-4-8-25(19-30)29-27(31)16-21-5-2-7-24(28)15-21/h2-3,5-7,9-13,15,17,25H,4,8,14,16,18-19H2,1H3,(H,29,31). The van der Waals surface area contributed by atoms with Crippen molar-refractivity contribution in [2.45, 2.75) is 31.8 Å². The number of ether oxygens (including phenoxy) is 1. The molecule has 0 spiro atoms. The average molecular weight is 449 g/mol. The largest absolute Gasteiger partial charge is 0.497 e. The topological polar surface area (TPSA) is 41.6 Å².